The van der Waals surface area contributed by atoms with E-state index in [1.165, 1.54) is 7.11 Å². The van der Waals surface area contributed by atoms with Crippen LogP contribution in [0.25, 0.3) is 0 Å². The molecule has 0 radical (unpaired) electrons. The molecule has 0 aliphatic carbocycles. The number of rotatable bonds is 5. The Hall–Kier alpha value is -0.910. The normalized spacial score (nSPS) is 19.9. The van der Waals surface area contributed by atoms with Crippen molar-refractivity contribution in [1.29, 1.82) is 0 Å². The molecule has 1 aromatic carbocycles. The van der Waals surface area contributed by atoms with Gasteiger partial charge in [0.1, 0.15) is 6.04 Å². The zero-order valence-corrected chi connectivity index (χ0v) is 13.4. The summed E-state index contributed by atoms with van der Waals surface area (Å²) in [6, 6.07) is 5.46. The van der Waals surface area contributed by atoms with Crippen molar-refractivity contribution in [3.63, 3.8) is 0 Å². The van der Waals surface area contributed by atoms with E-state index in [2.05, 4.69) is 21.2 Å². The molecule has 110 valence electrons. The second kappa shape index (κ2) is 7.20. The molecule has 1 N–H and O–H groups in total. The van der Waals surface area contributed by atoms with Crippen LogP contribution in [0.5, 0.6) is 0 Å². The molecule has 2 atom stereocenters. The van der Waals surface area contributed by atoms with Gasteiger partial charge in [0.15, 0.2) is 0 Å². The molecule has 0 aromatic heterocycles. The minimum absolute atomic E-state index is 0.186. The van der Waals surface area contributed by atoms with Crippen molar-refractivity contribution < 1.29 is 14.3 Å². The van der Waals surface area contributed by atoms with E-state index in [-0.39, 0.29) is 12.1 Å². The van der Waals surface area contributed by atoms with E-state index < -0.39 is 6.04 Å². The van der Waals surface area contributed by atoms with Crippen LogP contribution in [0.1, 0.15) is 30.0 Å². The zero-order chi connectivity index (χ0) is 14.5. The van der Waals surface area contributed by atoms with E-state index >= 15 is 0 Å². The summed E-state index contributed by atoms with van der Waals surface area (Å²) in [5.41, 5.74) is 2.03. The van der Waals surface area contributed by atoms with E-state index in [1.807, 2.05) is 25.1 Å². The predicted octanol–water partition coefficient (Wildman–Crippen LogP) is 2.74. The van der Waals surface area contributed by atoms with E-state index in [4.69, 9.17) is 9.47 Å². The number of ether oxygens (including phenoxy) is 2. The Labute approximate surface area is 128 Å². The average Bonchev–Trinajstić information content (AvgIpc) is 2.93. The van der Waals surface area contributed by atoms with Crippen LogP contribution in [0, 0.1) is 6.92 Å². The van der Waals surface area contributed by atoms with Crippen molar-refractivity contribution in [2.45, 2.75) is 31.9 Å². The van der Waals surface area contributed by atoms with Crippen LogP contribution in [0.2, 0.25) is 0 Å². The van der Waals surface area contributed by atoms with Crippen molar-refractivity contribution in [2.75, 3.05) is 20.3 Å². The molecule has 1 fully saturated rings. The molecule has 2 unspecified atom stereocenters. The van der Waals surface area contributed by atoms with Crippen LogP contribution in [0.4, 0.5) is 0 Å². The van der Waals surface area contributed by atoms with Crippen molar-refractivity contribution in [1.82, 2.24) is 5.32 Å². The molecule has 0 amide bonds. The first-order chi connectivity index (χ1) is 9.61. The monoisotopic (exact) mass is 341 g/mol. The number of hydrogen-bond acceptors (Lipinski definition) is 4. The maximum atomic E-state index is 12.0. The lowest BCUT2D eigenvalue weighted by Crippen LogP contribution is -2.35. The summed E-state index contributed by atoms with van der Waals surface area (Å²) in [6.07, 6.45) is 2.31. The lowest BCUT2D eigenvalue weighted by Gasteiger charge is -2.20. The van der Waals surface area contributed by atoms with Crippen molar-refractivity contribution in [2.24, 2.45) is 0 Å². The highest BCUT2D eigenvalue weighted by atomic mass is 79.9. The van der Waals surface area contributed by atoms with E-state index in [0.717, 1.165) is 35.0 Å². The van der Waals surface area contributed by atoms with Crippen LogP contribution < -0.4 is 5.32 Å². The Kier molecular flexibility index (Phi) is 5.57. The second-order valence-electron chi connectivity index (χ2n) is 5.02. The van der Waals surface area contributed by atoms with Gasteiger partial charge in [0.25, 0.3) is 0 Å². The maximum Gasteiger partial charge on any atom is 0.327 e. The Balaban J connectivity index is 2.11. The number of benzene rings is 1. The standard InChI is InChI=1S/C15H20BrNO3/c1-10-5-6-12(13(16)8-10)14(15(18)19-2)17-9-11-4-3-7-20-11/h5-6,8,11,14,17H,3-4,7,9H2,1-2H3. The van der Waals surface area contributed by atoms with Gasteiger partial charge in [0.2, 0.25) is 0 Å². The van der Waals surface area contributed by atoms with Crippen LogP contribution >= 0.6 is 15.9 Å². The maximum absolute atomic E-state index is 12.0. The first-order valence-corrected chi connectivity index (χ1v) is 7.60. The molecule has 0 bridgehead atoms. The van der Waals surface area contributed by atoms with Gasteiger partial charge in [-0.15, -0.1) is 0 Å². The van der Waals surface area contributed by atoms with Crippen LogP contribution in [0.15, 0.2) is 22.7 Å². The first-order valence-electron chi connectivity index (χ1n) is 6.80. The fraction of sp³-hybridized carbons (Fsp3) is 0.533. The lowest BCUT2D eigenvalue weighted by atomic mass is 10.0. The summed E-state index contributed by atoms with van der Waals surface area (Å²) in [6.45, 7) is 3.48. The van der Waals surface area contributed by atoms with E-state index in [9.17, 15) is 4.79 Å². The third kappa shape index (κ3) is 3.81. The minimum atomic E-state index is -0.473. The van der Waals surface area contributed by atoms with Gasteiger partial charge >= 0.3 is 5.97 Å². The van der Waals surface area contributed by atoms with Gasteiger partial charge in [-0.3, -0.25) is 5.32 Å². The molecule has 1 aliphatic rings. The number of aryl methyl sites for hydroxylation is 1. The molecule has 20 heavy (non-hydrogen) atoms. The number of carbonyl (C=O) groups excluding carboxylic acids is 1. The highest BCUT2D eigenvalue weighted by Gasteiger charge is 2.25. The number of hydrogen-bond donors (Lipinski definition) is 1. The number of halogens is 1. The third-order valence-corrected chi connectivity index (χ3v) is 4.16. The van der Waals surface area contributed by atoms with Gasteiger partial charge < -0.3 is 9.47 Å². The summed E-state index contributed by atoms with van der Waals surface area (Å²) >= 11 is 3.52. The summed E-state index contributed by atoms with van der Waals surface area (Å²) in [5.74, 6) is -0.285. The zero-order valence-electron chi connectivity index (χ0n) is 11.8. The highest BCUT2D eigenvalue weighted by molar-refractivity contribution is 9.10. The lowest BCUT2D eigenvalue weighted by molar-refractivity contribution is -0.143. The molecule has 0 spiro atoms. The molecule has 5 heteroatoms. The van der Waals surface area contributed by atoms with Gasteiger partial charge in [-0.2, -0.15) is 0 Å². The predicted molar refractivity (Wildman–Crippen MR) is 80.6 cm³/mol. The average molecular weight is 342 g/mol. The molecule has 1 heterocycles. The molecule has 1 aliphatic heterocycles. The number of nitrogens with one attached hydrogen (secondary N) is 1. The van der Waals surface area contributed by atoms with Crippen LogP contribution in [0.3, 0.4) is 0 Å². The van der Waals surface area contributed by atoms with Crippen molar-refractivity contribution in [3.8, 4) is 0 Å². The number of esters is 1. The topological polar surface area (TPSA) is 47.6 Å². The quantitative estimate of drug-likeness (QED) is 0.836. The largest absolute Gasteiger partial charge is 0.468 e. The molecule has 1 aromatic rings. The molecule has 1 saturated heterocycles. The van der Waals surface area contributed by atoms with Gasteiger partial charge in [-0.25, -0.2) is 4.79 Å². The van der Waals surface area contributed by atoms with E-state index in [0.29, 0.717) is 6.54 Å². The molecular formula is C15H20BrNO3. The van der Waals surface area contributed by atoms with Crippen molar-refractivity contribution in [3.05, 3.63) is 33.8 Å². The smallest absolute Gasteiger partial charge is 0.327 e. The van der Waals surface area contributed by atoms with Crippen LogP contribution in [-0.2, 0) is 14.3 Å². The summed E-state index contributed by atoms with van der Waals surface area (Å²) in [5, 5.41) is 3.26. The van der Waals surface area contributed by atoms with Gasteiger partial charge in [-0.1, -0.05) is 28.1 Å². The minimum Gasteiger partial charge on any atom is -0.468 e. The molecule has 2 rings (SSSR count). The number of methoxy groups -OCH3 is 1. The Morgan fingerprint density at radius 1 is 1.60 bits per heavy atom. The molecule has 4 nitrogen and oxygen atoms in total. The van der Waals surface area contributed by atoms with E-state index in [1.54, 1.807) is 0 Å². The summed E-state index contributed by atoms with van der Waals surface area (Å²) in [4.78, 5) is 12.0. The summed E-state index contributed by atoms with van der Waals surface area (Å²) < 4.78 is 11.4. The van der Waals surface area contributed by atoms with Gasteiger partial charge in [0, 0.05) is 17.6 Å². The Bertz CT molecular complexity index is 472. The Morgan fingerprint density at radius 3 is 3.00 bits per heavy atom. The van der Waals surface area contributed by atoms with Crippen molar-refractivity contribution >= 4 is 21.9 Å². The van der Waals surface area contributed by atoms with Gasteiger partial charge in [0.05, 0.1) is 13.2 Å². The fourth-order valence-electron chi connectivity index (χ4n) is 2.36. The molecular weight excluding hydrogens is 322 g/mol. The highest BCUT2D eigenvalue weighted by Crippen LogP contribution is 2.26. The second-order valence-corrected chi connectivity index (χ2v) is 5.88. The first kappa shape index (κ1) is 15.5. The fourth-order valence-corrected chi connectivity index (χ4v) is 3.08. The Morgan fingerprint density at radius 2 is 2.40 bits per heavy atom. The third-order valence-electron chi connectivity index (χ3n) is 3.48. The molecule has 0 saturated carbocycles. The SMILES string of the molecule is COC(=O)C(NCC1CCCO1)c1ccc(C)cc1Br. The summed E-state index contributed by atoms with van der Waals surface area (Å²) in [7, 11) is 1.41. The van der Waals surface area contributed by atoms with Gasteiger partial charge in [-0.05, 0) is 37.0 Å². The number of carbonyl (C=O) groups is 1. The van der Waals surface area contributed by atoms with Crippen LogP contribution in [-0.4, -0.2) is 32.3 Å².